The number of alkyl carbamates (subject to hydrolysis) is 1. The number of carbonyl (C=O) groups is 2. The summed E-state index contributed by atoms with van der Waals surface area (Å²) in [7, 11) is 0. The van der Waals surface area contributed by atoms with Crippen LogP contribution >= 0.6 is 0 Å². The normalized spacial score (nSPS) is 14.0. The summed E-state index contributed by atoms with van der Waals surface area (Å²) in [6.45, 7) is 5.19. The van der Waals surface area contributed by atoms with Crippen molar-refractivity contribution in [2.75, 3.05) is 6.54 Å². The molecule has 0 radical (unpaired) electrons. The van der Waals surface area contributed by atoms with Crippen LogP contribution in [0.25, 0.3) is 0 Å². The van der Waals surface area contributed by atoms with Gasteiger partial charge < -0.3 is 20.3 Å². The standard InChI is InChI=1S/C16H22FNO5/c1-16(2,3)23-15(22)18-8-7-12(20)14(21)11-6-4-5-10(9-19)13(11)17/h4-6,9,12,14,20-21H,7-8H2,1-3H3,(H,18,22). The zero-order valence-corrected chi connectivity index (χ0v) is 13.4. The molecule has 6 nitrogen and oxygen atoms in total. The van der Waals surface area contributed by atoms with Gasteiger partial charge in [-0.3, -0.25) is 4.79 Å². The summed E-state index contributed by atoms with van der Waals surface area (Å²) in [5.41, 5.74) is -0.999. The second-order valence-corrected chi connectivity index (χ2v) is 6.10. The van der Waals surface area contributed by atoms with E-state index < -0.39 is 29.7 Å². The van der Waals surface area contributed by atoms with E-state index in [-0.39, 0.29) is 24.1 Å². The van der Waals surface area contributed by atoms with Crippen LogP contribution < -0.4 is 5.32 Å². The smallest absolute Gasteiger partial charge is 0.407 e. The molecule has 1 aromatic rings. The van der Waals surface area contributed by atoms with Crippen LogP contribution in [0.3, 0.4) is 0 Å². The summed E-state index contributed by atoms with van der Waals surface area (Å²) in [6, 6.07) is 3.98. The molecule has 0 aliphatic heterocycles. The highest BCUT2D eigenvalue weighted by atomic mass is 19.1. The lowest BCUT2D eigenvalue weighted by Crippen LogP contribution is -2.34. The van der Waals surface area contributed by atoms with Gasteiger partial charge in [0.1, 0.15) is 17.5 Å². The minimum atomic E-state index is -1.50. The Morgan fingerprint density at radius 3 is 2.61 bits per heavy atom. The number of benzene rings is 1. The Morgan fingerprint density at radius 2 is 2.04 bits per heavy atom. The molecule has 0 spiro atoms. The van der Waals surface area contributed by atoms with Crippen LogP contribution in [0, 0.1) is 5.82 Å². The number of ether oxygens (including phenoxy) is 1. The molecular weight excluding hydrogens is 305 g/mol. The summed E-state index contributed by atoms with van der Waals surface area (Å²) in [6.07, 6.45) is -3.13. The molecule has 0 aliphatic carbocycles. The number of aliphatic hydroxyl groups excluding tert-OH is 2. The molecule has 1 rings (SSSR count). The third-order valence-corrected chi connectivity index (χ3v) is 2.98. The Balaban J connectivity index is 2.57. The average molecular weight is 327 g/mol. The Kier molecular flexibility index (Phi) is 6.65. The maximum absolute atomic E-state index is 13.9. The van der Waals surface area contributed by atoms with Crippen molar-refractivity contribution in [1.29, 1.82) is 0 Å². The Morgan fingerprint density at radius 1 is 1.39 bits per heavy atom. The number of halogens is 1. The number of aldehydes is 1. The highest BCUT2D eigenvalue weighted by Gasteiger charge is 2.23. The van der Waals surface area contributed by atoms with Gasteiger partial charge in [-0.15, -0.1) is 0 Å². The van der Waals surface area contributed by atoms with Gasteiger partial charge in [0.05, 0.1) is 11.7 Å². The van der Waals surface area contributed by atoms with Crippen LogP contribution in [0.1, 0.15) is 49.2 Å². The van der Waals surface area contributed by atoms with E-state index in [2.05, 4.69) is 5.32 Å². The molecule has 2 atom stereocenters. The maximum Gasteiger partial charge on any atom is 0.407 e. The van der Waals surface area contributed by atoms with Crippen LogP contribution in [0.15, 0.2) is 18.2 Å². The summed E-state index contributed by atoms with van der Waals surface area (Å²) in [5.74, 6) is -0.867. The van der Waals surface area contributed by atoms with E-state index in [1.165, 1.54) is 18.2 Å². The second-order valence-electron chi connectivity index (χ2n) is 6.10. The molecule has 0 bridgehead atoms. The van der Waals surface area contributed by atoms with Crippen molar-refractivity contribution in [3.63, 3.8) is 0 Å². The number of aliphatic hydroxyl groups is 2. The van der Waals surface area contributed by atoms with E-state index in [0.717, 1.165) is 0 Å². The molecule has 1 aromatic carbocycles. The molecule has 0 saturated carbocycles. The van der Waals surface area contributed by atoms with Crippen molar-refractivity contribution in [2.45, 2.75) is 45.0 Å². The van der Waals surface area contributed by atoms with Crippen LogP contribution in [0.4, 0.5) is 9.18 Å². The van der Waals surface area contributed by atoms with E-state index in [9.17, 15) is 24.2 Å². The topological polar surface area (TPSA) is 95.9 Å². The molecule has 2 unspecified atom stereocenters. The van der Waals surface area contributed by atoms with Crippen molar-refractivity contribution < 1.29 is 28.9 Å². The number of hydrogen-bond donors (Lipinski definition) is 3. The minimum Gasteiger partial charge on any atom is -0.444 e. The first-order valence-electron chi connectivity index (χ1n) is 7.22. The van der Waals surface area contributed by atoms with Gasteiger partial charge in [-0.1, -0.05) is 12.1 Å². The lowest BCUT2D eigenvalue weighted by molar-refractivity contribution is 0.0103. The Bertz CT molecular complexity index is 556. The first kappa shape index (κ1) is 19.1. The number of nitrogens with one attached hydrogen (secondary N) is 1. The third-order valence-electron chi connectivity index (χ3n) is 2.98. The molecule has 0 fully saturated rings. The summed E-state index contributed by atoms with van der Waals surface area (Å²) in [5, 5.41) is 22.3. The van der Waals surface area contributed by atoms with Crippen molar-refractivity contribution in [3.8, 4) is 0 Å². The van der Waals surface area contributed by atoms with E-state index in [4.69, 9.17) is 4.74 Å². The van der Waals surface area contributed by atoms with Crippen LogP contribution in [-0.2, 0) is 4.74 Å². The molecular formula is C16H22FNO5. The zero-order chi connectivity index (χ0) is 17.6. The van der Waals surface area contributed by atoms with Crippen molar-refractivity contribution in [1.82, 2.24) is 5.32 Å². The van der Waals surface area contributed by atoms with Crippen LogP contribution in [0.5, 0.6) is 0 Å². The zero-order valence-electron chi connectivity index (χ0n) is 13.4. The number of hydrogen-bond acceptors (Lipinski definition) is 5. The van der Waals surface area contributed by atoms with Gasteiger partial charge >= 0.3 is 6.09 Å². The van der Waals surface area contributed by atoms with Gasteiger partial charge in [0.15, 0.2) is 6.29 Å². The predicted molar refractivity (Wildman–Crippen MR) is 81.6 cm³/mol. The fourth-order valence-corrected chi connectivity index (χ4v) is 1.89. The molecule has 23 heavy (non-hydrogen) atoms. The first-order valence-corrected chi connectivity index (χ1v) is 7.22. The molecule has 0 aliphatic rings. The highest BCUT2D eigenvalue weighted by Crippen LogP contribution is 2.23. The molecule has 1 amide bonds. The van der Waals surface area contributed by atoms with Gasteiger partial charge in [0, 0.05) is 12.1 Å². The lowest BCUT2D eigenvalue weighted by Gasteiger charge is -2.21. The van der Waals surface area contributed by atoms with Crippen molar-refractivity contribution >= 4 is 12.4 Å². The lowest BCUT2D eigenvalue weighted by atomic mass is 9.99. The van der Waals surface area contributed by atoms with Crippen LogP contribution in [-0.4, -0.2) is 40.8 Å². The molecule has 128 valence electrons. The molecule has 0 heterocycles. The Hall–Kier alpha value is -1.99. The monoisotopic (exact) mass is 327 g/mol. The quantitative estimate of drug-likeness (QED) is 0.694. The highest BCUT2D eigenvalue weighted by molar-refractivity contribution is 5.75. The number of carbonyl (C=O) groups excluding carboxylic acids is 2. The van der Waals surface area contributed by atoms with E-state index in [0.29, 0.717) is 6.29 Å². The molecule has 0 aromatic heterocycles. The number of amides is 1. The SMILES string of the molecule is CC(C)(C)OC(=O)NCCC(O)C(O)c1cccc(C=O)c1F. The fraction of sp³-hybridized carbons (Fsp3) is 0.500. The fourth-order valence-electron chi connectivity index (χ4n) is 1.89. The average Bonchev–Trinajstić information content (AvgIpc) is 2.44. The summed E-state index contributed by atoms with van der Waals surface area (Å²) >= 11 is 0. The summed E-state index contributed by atoms with van der Waals surface area (Å²) in [4.78, 5) is 22.1. The molecule has 7 heteroatoms. The van der Waals surface area contributed by atoms with Gasteiger partial charge in [-0.05, 0) is 33.3 Å². The second kappa shape index (κ2) is 8.03. The number of rotatable bonds is 6. The van der Waals surface area contributed by atoms with Crippen molar-refractivity contribution in [2.24, 2.45) is 0 Å². The largest absolute Gasteiger partial charge is 0.444 e. The van der Waals surface area contributed by atoms with Gasteiger partial charge in [0.25, 0.3) is 0 Å². The van der Waals surface area contributed by atoms with Gasteiger partial charge in [0.2, 0.25) is 0 Å². The van der Waals surface area contributed by atoms with Gasteiger partial charge in [-0.25, -0.2) is 9.18 Å². The van der Waals surface area contributed by atoms with E-state index in [1.54, 1.807) is 20.8 Å². The molecule has 3 N–H and O–H groups in total. The predicted octanol–water partition coefficient (Wildman–Crippen LogP) is 1.95. The van der Waals surface area contributed by atoms with Crippen LogP contribution in [0.2, 0.25) is 0 Å². The van der Waals surface area contributed by atoms with E-state index in [1.807, 2.05) is 0 Å². The first-order chi connectivity index (χ1) is 10.7. The Labute approximate surface area is 134 Å². The van der Waals surface area contributed by atoms with Crippen molar-refractivity contribution in [3.05, 3.63) is 35.1 Å². The third kappa shape index (κ3) is 5.96. The van der Waals surface area contributed by atoms with E-state index >= 15 is 0 Å². The minimum absolute atomic E-state index is 0.00876. The van der Waals surface area contributed by atoms with Gasteiger partial charge in [-0.2, -0.15) is 0 Å². The maximum atomic E-state index is 13.9. The molecule has 0 saturated heterocycles. The summed E-state index contributed by atoms with van der Waals surface area (Å²) < 4.78 is 18.9.